The van der Waals surface area contributed by atoms with Crippen LogP contribution in [0.2, 0.25) is 0 Å². The van der Waals surface area contributed by atoms with Gasteiger partial charge >= 0.3 is 11.9 Å². The number of methoxy groups -OCH3 is 2. The van der Waals surface area contributed by atoms with Crippen molar-refractivity contribution in [2.45, 2.75) is 13.1 Å². The molecule has 0 radical (unpaired) electrons. The molecule has 0 aliphatic heterocycles. The predicted octanol–water partition coefficient (Wildman–Crippen LogP) is 1.85. The summed E-state index contributed by atoms with van der Waals surface area (Å²) in [4.78, 5) is 18.2. The first kappa shape index (κ1) is 20.8. The van der Waals surface area contributed by atoms with E-state index in [4.69, 9.17) is 29.3 Å². The predicted molar refractivity (Wildman–Crippen MR) is 93.5 cm³/mol. The molecule has 0 aromatic heterocycles. The van der Waals surface area contributed by atoms with Gasteiger partial charge in [0.25, 0.3) is 0 Å². The average molecular weight is 363 g/mol. The van der Waals surface area contributed by atoms with Gasteiger partial charge in [-0.1, -0.05) is 24.3 Å². The Hall–Kier alpha value is -3.26. The summed E-state index contributed by atoms with van der Waals surface area (Å²) in [5, 5.41) is 28.0. The van der Waals surface area contributed by atoms with Crippen LogP contribution in [0.3, 0.4) is 0 Å². The van der Waals surface area contributed by atoms with Crippen LogP contribution in [0.1, 0.15) is 11.1 Å². The Morgan fingerprint density at radius 2 is 1.54 bits per heavy atom. The summed E-state index contributed by atoms with van der Waals surface area (Å²) in [6, 6.07) is 13.4. The number of phenolic OH excluding ortho intramolecular Hbond substituents is 1. The summed E-state index contributed by atoms with van der Waals surface area (Å²) in [6.45, 7) is 1.30. The van der Waals surface area contributed by atoms with Gasteiger partial charge in [-0.3, -0.25) is 0 Å². The Balaban J connectivity index is 0.000000487. The van der Waals surface area contributed by atoms with Crippen LogP contribution in [0.5, 0.6) is 17.2 Å². The molecule has 26 heavy (non-hydrogen) atoms. The highest BCUT2D eigenvalue weighted by Gasteiger charge is 2.06. The molecule has 0 fully saturated rings. The van der Waals surface area contributed by atoms with Crippen LogP contribution in [0.15, 0.2) is 42.5 Å². The van der Waals surface area contributed by atoms with E-state index in [2.05, 4.69) is 5.32 Å². The van der Waals surface area contributed by atoms with E-state index in [0.29, 0.717) is 12.3 Å². The van der Waals surface area contributed by atoms with Crippen molar-refractivity contribution in [1.82, 2.24) is 5.32 Å². The standard InChI is InChI=1S/C16H19NO3.C2H2O4/c1-19-14-8-6-12(7-9-14)10-17-11-13-4-3-5-15(20-2)16(13)18;3-1(4)2(5)6/h3-9,17-18H,10-11H2,1-2H3;(H,3,4)(H,5,6). The summed E-state index contributed by atoms with van der Waals surface area (Å²) >= 11 is 0. The fourth-order valence-corrected chi connectivity index (χ4v) is 1.96. The third kappa shape index (κ3) is 6.70. The van der Waals surface area contributed by atoms with Crippen molar-refractivity contribution < 1.29 is 34.4 Å². The first-order valence-corrected chi connectivity index (χ1v) is 7.53. The second-order valence-corrected chi connectivity index (χ2v) is 5.03. The zero-order valence-corrected chi connectivity index (χ0v) is 14.4. The van der Waals surface area contributed by atoms with Gasteiger partial charge in [-0.05, 0) is 23.8 Å². The normalized spacial score (nSPS) is 9.62. The molecule has 8 nitrogen and oxygen atoms in total. The first-order chi connectivity index (χ1) is 12.4. The molecule has 0 atom stereocenters. The fourth-order valence-electron chi connectivity index (χ4n) is 1.96. The van der Waals surface area contributed by atoms with Crippen molar-refractivity contribution in [1.29, 1.82) is 0 Å². The lowest BCUT2D eigenvalue weighted by molar-refractivity contribution is -0.159. The molecule has 2 aromatic carbocycles. The maximum atomic E-state index is 9.97. The zero-order chi connectivity index (χ0) is 19.5. The van der Waals surface area contributed by atoms with Crippen molar-refractivity contribution >= 4 is 11.9 Å². The number of carbonyl (C=O) groups is 2. The lowest BCUT2D eigenvalue weighted by atomic mass is 10.1. The number of aromatic hydroxyl groups is 1. The molecule has 0 aliphatic carbocycles. The summed E-state index contributed by atoms with van der Waals surface area (Å²) < 4.78 is 10.2. The van der Waals surface area contributed by atoms with Crippen molar-refractivity contribution in [3.8, 4) is 17.2 Å². The Morgan fingerprint density at radius 1 is 0.923 bits per heavy atom. The van der Waals surface area contributed by atoms with E-state index in [1.807, 2.05) is 36.4 Å². The lowest BCUT2D eigenvalue weighted by Gasteiger charge is -2.10. The smallest absolute Gasteiger partial charge is 0.414 e. The van der Waals surface area contributed by atoms with Gasteiger partial charge in [-0.25, -0.2) is 9.59 Å². The summed E-state index contributed by atoms with van der Waals surface area (Å²) in [5.74, 6) is -2.12. The number of aliphatic carboxylic acids is 2. The second-order valence-electron chi connectivity index (χ2n) is 5.03. The minimum atomic E-state index is -1.82. The van der Waals surface area contributed by atoms with Crippen LogP contribution in [-0.4, -0.2) is 41.5 Å². The van der Waals surface area contributed by atoms with Crippen molar-refractivity contribution in [3.05, 3.63) is 53.6 Å². The number of ether oxygens (including phenoxy) is 2. The Bertz CT molecular complexity index is 717. The van der Waals surface area contributed by atoms with Crippen LogP contribution in [0, 0.1) is 0 Å². The van der Waals surface area contributed by atoms with E-state index >= 15 is 0 Å². The Morgan fingerprint density at radius 3 is 2.04 bits per heavy atom. The summed E-state index contributed by atoms with van der Waals surface area (Å²) in [5.41, 5.74) is 1.98. The number of carboxylic acid groups (broad SMARTS) is 2. The number of hydrogen-bond acceptors (Lipinski definition) is 6. The molecule has 8 heteroatoms. The number of hydrogen-bond donors (Lipinski definition) is 4. The third-order valence-corrected chi connectivity index (χ3v) is 3.29. The van der Waals surface area contributed by atoms with E-state index in [-0.39, 0.29) is 5.75 Å². The number of benzene rings is 2. The van der Waals surface area contributed by atoms with Gasteiger partial charge in [0.15, 0.2) is 11.5 Å². The molecule has 2 rings (SSSR count). The highest BCUT2D eigenvalue weighted by atomic mass is 16.5. The third-order valence-electron chi connectivity index (χ3n) is 3.29. The zero-order valence-electron chi connectivity index (χ0n) is 14.4. The molecule has 2 aromatic rings. The van der Waals surface area contributed by atoms with Crippen LogP contribution in [0.25, 0.3) is 0 Å². The van der Waals surface area contributed by atoms with E-state index in [0.717, 1.165) is 23.4 Å². The molecule has 0 saturated heterocycles. The quantitative estimate of drug-likeness (QED) is 0.573. The number of phenols is 1. The number of nitrogens with one attached hydrogen (secondary N) is 1. The Labute approximate surface area is 150 Å². The van der Waals surface area contributed by atoms with Crippen LogP contribution >= 0.6 is 0 Å². The monoisotopic (exact) mass is 363 g/mol. The van der Waals surface area contributed by atoms with Gasteiger partial charge in [0, 0.05) is 18.7 Å². The lowest BCUT2D eigenvalue weighted by Crippen LogP contribution is -2.12. The first-order valence-electron chi connectivity index (χ1n) is 7.53. The summed E-state index contributed by atoms with van der Waals surface area (Å²) in [7, 11) is 3.20. The number of carboxylic acids is 2. The van der Waals surface area contributed by atoms with Gasteiger partial charge < -0.3 is 30.1 Å². The highest BCUT2D eigenvalue weighted by Crippen LogP contribution is 2.29. The molecule has 0 bridgehead atoms. The van der Waals surface area contributed by atoms with Gasteiger partial charge in [0.2, 0.25) is 0 Å². The summed E-state index contributed by atoms with van der Waals surface area (Å²) in [6.07, 6.45) is 0. The molecule has 0 amide bonds. The molecular weight excluding hydrogens is 342 g/mol. The van der Waals surface area contributed by atoms with Gasteiger partial charge in [0.1, 0.15) is 5.75 Å². The minimum Gasteiger partial charge on any atom is -0.504 e. The molecule has 0 unspecified atom stereocenters. The van der Waals surface area contributed by atoms with Crippen molar-refractivity contribution in [2.75, 3.05) is 14.2 Å². The minimum absolute atomic E-state index is 0.192. The van der Waals surface area contributed by atoms with E-state index in [9.17, 15) is 5.11 Å². The maximum Gasteiger partial charge on any atom is 0.414 e. The molecule has 140 valence electrons. The largest absolute Gasteiger partial charge is 0.504 e. The SMILES string of the molecule is COc1ccc(CNCc2cccc(OC)c2O)cc1.O=C(O)C(=O)O. The van der Waals surface area contributed by atoms with Crippen LogP contribution in [-0.2, 0) is 22.7 Å². The van der Waals surface area contributed by atoms with E-state index in [1.54, 1.807) is 20.3 Å². The topological polar surface area (TPSA) is 125 Å². The van der Waals surface area contributed by atoms with Crippen LogP contribution < -0.4 is 14.8 Å². The van der Waals surface area contributed by atoms with Gasteiger partial charge in [-0.2, -0.15) is 0 Å². The highest BCUT2D eigenvalue weighted by molar-refractivity contribution is 6.27. The second kappa shape index (κ2) is 10.6. The van der Waals surface area contributed by atoms with Crippen LogP contribution in [0.4, 0.5) is 0 Å². The average Bonchev–Trinajstić information content (AvgIpc) is 2.64. The van der Waals surface area contributed by atoms with Gasteiger partial charge in [-0.15, -0.1) is 0 Å². The van der Waals surface area contributed by atoms with E-state index in [1.165, 1.54) is 0 Å². The number of para-hydroxylation sites is 1. The fraction of sp³-hybridized carbons (Fsp3) is 0.222. The maximum absolute atomic E-state index is 9.97. The van der Waals surface area contributed by atoms with E-state index < -0.39 is 11.9 Å². The Kier molecular flexibility index (Phi) is 8.45. The number of rotatable bonds is 6. The van der Waals surface area contributed by atoms with Crippen molar-refractivity contribution in [2.24, 2.45) is 0 Å². The molecule has 0 heterocycles. The molecular formula is C18H21NO7. The van der Waals surface area contributed by atoms with Gasteiger partial charge in [0.05, 0.1) is 14.2 Å². The molecule has 0 aliphatic rings. The molecule has 0 spiro atoms. The van der Waals surface area contributed by atoms with Crippen molar-refractivity contribution in [3.63, 3.8) is 0 Å². The molecule has 4 N–H and O–H groups in total. The molecule has 0 saturated carbocycles.